The van der Waals surface area contributed by atoms with E-state index < -0.39 is 5.91 Å². The van der Waals surface area contributed by atoms with Crippen LogP contribution in [0.25, 0.3) is 0 Å². The molecule has 5 nitrogen and oxygen atoms in total. The van der Waals surface area contributed by atoms with Crippen LogP contribution < -0.4 is 5.73 Å². The number of amides is 2. The molecule has 1 aromatic rings. The van der Waals surface area contributed by atoms with Gasteiger partial charge in [0.25, 0.3) is 0 Å². The van der Waals surface area contributed by atoms with Crippen molar-refractivity contribution in [1.82, 2.24) is 9.88 Å². The monoisotopic (exact) mass is 219 g/mol. The predicted molar refractivity (Wildman–Crippen MR) is 57.0 cm³/mol. The van der Waals surface area contributed by atoms with Crippen LogP contribution in [0.15, 0.2) is 24.4 Å². The van der Waals surface area contributed by atoms with Gasteiger partial charge in [-0.15, -0.1) is 0 Å². The van der Waals surface area contributed by atoms with Crippen molar-refractivity contribution in [2.75, 3.05) is 6.54 Å². The summed E-state index contributed by atoms with van der Waals surface area (Å²) in [5.74, 6) is -0.789. The molecule has 2 rings (SSSR count). The van der Waals surface area contributed by atoms with E-state index >= 15 is 0 Å². The Kier molecular flexibility index (Phi) is 2.85. The molecule has 5 heteroatoms. The van der Waals surface area contributed by atoms with Crippen LogP contribution in [-0.2, 0) is 16.1 Å². The van der Waals surface area contributed by atoms with E-state index in [1.54, 1.807) is 11.1 Å². The Morgan fingerprint density at radius 3 is 2.94 bits per heavy atom. The van der Waals surface area contributed by atoms with Crippen molar-refractivity contribution in [3.8, 4) is 0 Å². The Morgan fingerprint density at radius 2 is 2.38 bits per heavy atom. The van der Waals surface area contributed by atoms with Gasteiger partial charge in [0.15, 0.2) is 0 Å². The minimum atomic E-state index is -0.406. The number of hydrogen-bond acceptors (Lipinski definition) is 3. The Labute approximate surface area is 93.3 Å². The molecular weight excluding hydrogens is 206 g/mol. The van der Waals surface area contributed by atoms with Gasteiger partial charge in [-0.1, -0.05) is 6.07 Å². The third kappa shape index (κ3) is 2.18. The van der Waals surface area contributed by atoms with Crippen LogP contribution in [0.1, 0.15) is 12.1 Å². The number of likely N-dealkylation sites (tertiary alicyclic amines) is 1. The lowest BCUT2D eigenvalue weighted by atomic mass is 10.1. The third-order valence-electron chi connectivity index (χ3n) is 2.70. The van der Waals surface area contributed by atoms with E-state index in [9.17, 15) is 9.59 Å². The van der Waals surface area contributed by atoms with Gasteiger partial charge in [-0.05, 0) is 12.1 Å². The number of nitrogens with two attached hydrogens (primary N) is 1. The highest BCUT2D eigenvalue weighted by Gasteiger charge is 2.32. The maximum absolute atomic E-state index is 11.6. The molecule has 1 atom stereocenters. The number of primary amides is 1. The number of nitrogens with zero attached hydrogens (tertiary/aromatic N) is 2. The second kappa shape index (κ2) is 4.30. The normalized spacial score (nSPS) is 20.1. The molecule has 0 saturated carbocycles. The van der Waals surface area contributed by atoms with Crippen molar-refractivity contribution < 1.29 is 9.59 Å². The molecule has 84 valence electrons. The van der Waals surface area contributed by atoms with Crippen LogP contribution >= 0.6 is 0 Å². The molecule has 1 unspecified atom stereocenters. The fourth-order valence-corrected chi connectivity index (χ4v) is 1.80. The number of rotatable bonds is 3. The van der Waals surface area contributed by atoms with E-state index in [1.807, 2.05) is 18.2 Å². The van der Waals surface area contributed by atoms with E-state index in [0.717, 1.165) is 5.69 Å². The van der Waals surface area contributed by atoms with Crippen molar-refractivity contribution >= 4 is 11.8 Å². The average molecular weight is 219 g/mol. The Hall–Kier alpha value is -1.91. The van der Waals surface area contributed by atoms with Crippen molar-refractivity contribution in [3.63, 3.8) is 0 Å². The number of aromatic nitrogens is 1. The molecule has 0 aromatic carbocycles. The van der Waals surface area contributed by atoms with E-state index in [2.05, 4.69) is 4.98 Å². The van der Waals surface area contributed by atoms with Gasteiger partial charge in [0.05, 0.1) is 18.2 Å². The summed E-state index contributed by atoms with van der Waals surface area (Å²) in [6, 6.07) is 5.54. The molecule has 0 bridgehead atoms. The smallest absolute Gasteiger partial charge is 0.223 e. The minimum Gasteiger partial charge on any atom is -0.369 e. The Balaban J connectivity index is 2.02. The zero-order valence-electron chi connectivity index (χ0n) is 8.80. The van der Waals surface area contributed by atoms with Gasteiger partial charge in [0, 0.05) is 19.2 Å². The summed E-state index contributed by atoms with van der Waals surface area (Å²) in [4.78, 5) is 28.3. The lowest BCUT2D eigenvalue weighted by molar-refractivity contribution is -0.128. The summed E-state index contributed by atoms with van der Waals surface area (Å²) in [7, 11) is 0. The molecule has 1 fully saturated rings. The van der Waals surface area contributed by atoms with Crippen LogP contribution in [0.2, 0.25) is 0 Å². The first-order valence-electron chi connectivity index (χ1n) is 5.14. The topological polar surface area (TPSA) is 76.3 Å². The quantitative estimate of drug-likeness (QED) is 0.772. The molecule has 2 amide bonds. The van der Waals surface area contributed by atoms with Gasteiger partial charge in [0.1, 0.15) is 0 Å². The SMILES string of the molecule is NC(=O)C1CC(=O)N(Cc2ccccn2)C1. The molecule has 2 N–H and O–H groups in total. The molecule has 1 saturated heterocycles. The van der Waals surface area contributed by atoms with Gasteiger partial charge in [0.2, 0.25) is 11.8 Å². The lowest BCUT2D eigenvalue weighted by Crippen LogP contribution is -2.28. The fourth-order valence-electron chi connectivity index (χ4n) is 1.80. The van der Waals surface area contributed by atoms with Gasteiger partial charge < -0.3 is 10.6 Å². The second-order valence-corrected chi connectivity index (χ2v) is 3.90. The molecular formula is C11H13N3O2. The van der Waals surface area contributed by atoms with Gasteiger partial charge in [-0.25, -0.2) is 0 Å². The van der Waals surface area contributed by atoms with Gasteiger partial charge in [-0.3, -0.25) is 14.6 Å². The highest BCUT2D eigenvalue weighted by molar-refractivity contribution is 5.88. The molecule has 1 aliphatic rings. The first-order chi connectivity index (χ1) is 7.66. The summed E-state index contributed by atoms with van der Waals surface area (Å²) in [6.07, 6.45) is 1.91. The van der Waals surface area contributed by atoms with Crippen molar-refractivity contribution in [1.29, 1.82) is 0 Å². The molecule has 2 heterocycles. The standard InChI is InChI=1S/C11H13N3O2/c12-11(16)8-5-10(15)14(6-8)7-9-3-1-2-4-13-9/h1-4,8H,5-7H2,(H2,12,16). The summed E-state index contributed by atoms with van der Waals surface area (Å²) in [5.41, 5.74) is 6.00. The maximum Gasteiger partial charge on any atom is 0.223 e. The summed E-state index contributed by atoms with van der Waals surface area (Å²) in [5, 5.41) is 0. The number of pyridine rings is 1. The van der Waals surface area contributed by atoms with Crippen molar-refractivity contribution in [3.05, 3.63) is 30.1 Å². The van der Waals surface area contributed by atoms with E-state index in [0.29, 0.717) is 13.1 Å². The number of carbonyl (C=O) groups is 2. The van der Waals surface area contributed by atoms with E-state index in [4.69, 9.17) is 5.73 Å². The third-order valence-corrected chi connectivity index (χ3v) is 2.70. The summed E-state index contributed by atoms with van der Waals surface area (Å²) >= 11 is 0. The Morgan fingerprint density at radius 1 is 1.56 bits per heavy atom. The highest BCUT2D eigenvalue weighted by atomic mass is 16.2. The van der Waals surface area contributed by atoms with E-state index in [-0.39, 0.29) is 18.2 Å². The molecule has 0 aliphatic carbocycles. The number of hydrogen-bond donors (Lipinski definition) is 1. The largest absolute Gasteiger partial charge is 0.369 e. The van der Waals surface area contributed by atoms with Crippen LogP contribution in [0.3, 0.4) is 0 Å². The fraction of sp³-hybridized carbons (Fsp3) is 0.364. The molecule has 0 spiro atoms. The average Bonchev–Trinajstić information content (AvgIpc) is 2.62. The van der Waals surface area contributed by atoms with Crippen LogP contribution in [0.4, 0.5) is 0 Å². The van der Waals surface area contributed by atoms with Crippen LogP contribution in [0.5, 0.6) is 0 Å². The van der Waals surface area contributed by atoms with Crippen molar-refractivity contribution in [2.45, 2.75) is 13.0 Å². The highest BCUT2D eigenvalue weighted by Crippen LogP contribution is 2.18. The van der Waals surface area contributed by atoms with Crippen LogP contribution in [-0.4, -0.2) is 28.2 Å². The molecule has 1 aromatic heterocycles. The van der Waals surface area contributed by atoms with Gasteiger partial charge >= 0.3 is 0 Å². The molecule has 16 heavy (non-hydrogen) atoms. The minimum absolute atomic E-state index is 0.0329. The zero-order chi connectivity index (χ0) is 11.5. The second-order valence-electron chi connectivity index (χ2n) is 3.90. The molecule has 1 aliphatic heterocycles. The lowest BCUT2D eigenvalue weighted by Gasteiger charge is -2.15. The first-order valence-corrected chi connectivity index (χ1v) is 5.14. The Bertz CT molecular complexity index is 405. The molecule has 0 radical (unpaired) electrons. The van der Waals surface area contributed by atoms with E-state index in [1.165, 1.54) is 0 Å². The van der Waals surface area contributed by atoms with Gasteiger partial charge in [-0.2, -0.15) is 0 Å². The van der Waals surface area contributed by atoms with Crippen molar-refractivity contribution in [2.24, 2.45) is 11.7 Å². The maximum atomic E-state index is 11.6. The summed E-state index contributed by atoms with van der Waals surface area (Å²) < 4.78 is 0. The summed E-state index contributed by atoms with van der Waals surface area (Å²) in [6.45, 7) is 0.855. The zero-order valence-corrected chi connectivity index (χ0v) is 8.80. The number of carbonyl (C=O) groups excluding carboxylic acids is 2. The van der Waals surface area contributed by atoms with Crippen LogP contribution in [0, 0.1) is 5.92 Å². The first kappa shape index (κ1) is 10.6. The predicted octanol–water partition coefficient (Wildman–Crippen LogP) is -0.0846.